The van der Waals surface area contributed by atoms with Crippen LogP contribution in [-0.4, -0.2) is 29.4 Å². The van der Waals surface area contributed by atoms with Crippen LogP contribution in [0.1, 0.15) is 36.5 Å². The molecule has 0 aliphatic carbocycles. The van der Waals surface area contributed by atoms with Crippen molar-refractivity contribution in [2.24, 2.45) is 0 Å². The van der Waals surface area contributed by atoms with Gasteiger partial charge in [-0.25, -0.2) is 4.79 Å². The molecular weight excluding hydrogens is 338 g/mol. The van der Waals surface area contributed by atoms with Crippen molar-refractivity contribution in [1.82, 2.24) is 4.90 Å². The van der Waals surface area contributed by atoms with Gasteiger partial charge in [-0.3, -0.25) is 4.79 Å². The largest absolute Gasteiger partial charge is 0.324 e. The SMILES string of the molecule is CCc1cccc(C)c1NC(=O)[C@@H]1CCCN1C(=O)Nc1ccc(C)cc1. The molecule has 142 valence electrons. The smallest absolute Gasteiger partial charge is 0.322 e. The molecule has 0 radical (unpaired) electrons. The highest BCUT2D eigenvalue weighted by Gasteiger charge is 2.34. The number of amides is 3. The molecular formula is C22H27N3O2. The summed E-state index contributed by atoms with van der Waals surface area (Å²) in [5.74, 6) is -0.115. The summed E-state index contributed by atoms with van der Waals surface area (Å²) in [6.45, 7) is 6.65. The van der Waals surface area contributed by atoms with Gasteiger partial charge in [0.15, 0.2) is 0 Å². The second-order valence-electron chi connectivity index (χ2n) is 7.10. The van der Waals surface area contributed by atoms with Gasteiger partial charge in [-0.05, 0) is 56.4 Å². The predicted molar refractivity (Wildman–Crippen MR) is 109 cm³/mol. The first-order chi connectivity index (χ1) is 13.0. The van der Waals surface area contributed by atoms with Crippen LogP contribution in [0.4, 0.5) is 16.2 Å². The first-order valence-electron chi connectivity index (χ1n) is 9.53. The number of nitrogens with zero attached hydrogens (tertiary/aromatic N) is 1. The van der Waals surface area contributed by atoms with E-state index in [-0.39, 0.29) is 11.9 Å². The van der Waals surface area contributed by atoms with Crippen molar-refractivity contribution in [1.29, 1.82) is 0 Å². The number of hydrogen-bond acceptors (Lipinski definition) is 2. The third kappa shape index (κ3) is 4.30. The van der Waals surface area contributed by atoms with Crippen LogP contribution in [0, 0.1) is 13.8 Å². The summed E-state index contributed by atoms with van der Waals surface area (Å²) in [5.41, 5.74) is 4.89. The highest BCUT2D eigenvalue weighted by atomic mass is 16.2. The monoisotopic (exact) mass is 365 g/mol. The van der Waals surface area contributed by atoms with Crippen LogP contribution in [-0.2, 0) is 11.2 Å². The van der Waals surface area contributed by atoms with Crippen molar-refractivity contribution in [2.45, 2.75) is 46.1 Å². The molecule has 3 amide bonds. The topological polar surface area (TPSA) is 61.4 Å². The average molecular weight is 365 g/mol. The molecule has 3 rings (SSSR count). The molecule has 0 bridgehead atoms. The van der Waals surface area contributed by atoms with Gasteiger partial charge in [0, 0.05) is 17.9 Å². The van der Waals surface area contributed by atoms with Crippen LogP contribution >= 0.6 is 0 Å². The molecule has 27 heavy (non-hydrogen) atoms. The molecule has 1 fully saturated rings. The van der Waals surface area contributed by atoms with Crippen LogP contribution in [0.5, 0.6) is 0 Å². The zero-order valence-corrected chi connectivity index (χ0v) is 16.2. The number of anilines is 2. The van der Waals surface area contributed by atoms with Gasteiger partial charge in [0.25, 0.3) is 0 Å². The number of carbonyl (C=O) groups is 2. The molecule has 5 heteroatoms. The Morgan fingerprint density at radius 1 is 1.07 bits per heavy atom. The number of benzene rings is 2. The second-order valence-corrected chi connectivity index (χ2v) is 7.10. The van der Waals surface area contributed by atoms with Gasteiger partial charge >= 0.3 is 6.03 Å². The lowest BCUT2D eigenvalue weighted by atomic mass is 10.1. The molecule has 1 saturated heterocycles. The number of carbonyl (C=O) groups excluding carboxylic acids is 2. The maximum Gasteiger partial charge on any atom is 0.322 e. The van der Waals surface area contributed by atoms with Crippen LogP contribution in [0.15, 0.2) is 42.5 Å². The van der Waals surface area contributed by atoms with Crippen molar-refractivity contribution in [3.63, 3.8) is 0 Å². The molecule has 0 saturated carbocycles. The van der Waals surface area contributed by atoms with E-state index in [0.717, 1.165) is 40.9 Å². The van der Waals surface area contributed by atoms with E-state index in [9.17, 15) is 9.59 Å². The summed E-state index contributed by atoms with van der Waals surface area (Å²) < 4.78 is 0. The number of rotatable bonds is 4. The number of aryl methyl sites for hydroxylation is 3. The van der Waals surface area contributed by atoms with Crippen LogP contribution in [0.3, 0.4) is 0 Å². The predicted octanol–water partition coefficient (Wildman–Crippen LogP) is 4.50. The standard InChI is InChI=1S/C22H27N3O2/c1-4-17-8-5-7-16(3)20(17)24-21(26)19-9-6-14-25(19)22(27)23-18-12-10-15(2)11-13-18/h5,7-8,10-13,19H,4,6,9,14H2,1-3H3,(H,23,27)(H,24,26)/t19-/m0/s1. The van der Waals surface area contributed by atoms with Crippen LogP contribution in [0.25, 0.3) is 0 Å². The fraction of sp³-hybridized carbons (Fsp3) is 0.364. The fourth-order valence-electron chi connectivity index (χ4n) is 3.52. The van der Waals surface area contributed by atoms with Gasteiger partial charge in [0.05, 0.1) is 0 Å². The lowest BCUT2D eigenvalue weighted by Crippen LogP contribution is -2.45. The summed E-state index contributed by atoms with van der Waals surface area (Å²) in [6, 6.07) is 13.0. The van der Waals surface area contributed by atoms with Gasteiger partial charge < -0.3 is 15.5 Å². The third-order valence-electron chi connectivity index (χ3n) is 5.11. The molecule has 2 aromatic carbocycles. The Hall–Kier alpha value is -2.82. The van der Waals surface area contributed by atoms with Crippen molar-refractivity contribution in [3.05, 3.63) is 59.2 Å². The lowest BCUT2D eigenvalue weighted by Gasteiger charge is -2.25. The molecule has 1 aliphatic rings. The molecule has 0 aromatic heterocycles. The summed E-state index contributed by atoms with van der Waals surface area (Å²) in [4.78, 5) is 27.2. The zero-order chi connectivity index (χ0) is 19.4. The van der Waals surface area contributed by atoms with E-state index in [4.69, 9.17) is 0 Å². The Labute approximate surface area is 160 Å². The van der Waals surface area contributed by atoms with Gasteiger partial charge in [0.2, 0.25) is 5.91 Å². The Kier molecular flexibility index (Phi) is 5.79. The second kappa shape index (κ2) is 8.25. The van der Waals surface area contributed by atoms with Gasteiger partial charge in [-0.2, -0.15) is 0 Å². The maximum absolute atomic E-state index is 12.9. The summed E-state index contributed by atoms with van der Waals surface area (Å²) in [5, 5.41) is 5.97. The molecule has 2 N–H and O–H groups in total. The normalized spacial score (nSPS) is 16.3. The van der Waals surface area contributed by atoms with Crippen molar-refractivity contribution in [3.8, 4) is 0 Å². The number of likely N-dealkylation sites (tertiary alicyclic amines) is 1. The molecule has 0 unspecified atom stereocenters. The molecule has 1 atom stereocenters. The maximum atomic E-state index is 12.9. The van der Waals surface area contributed by atoms with E-state index in [0.29, 0.717) is 13.0 Å². The van der Waals surface area contributed by atoms with Crippen LogP contribution in [0.2, 0.25) is 0 Å². The molecule has 2 aromatic rings. The van der Waals surface area contributed by atoms with E-state index < -0.39 is 6.04 Å². The van der Waals surface area contributed by atoms with Crippen molar-refractivity contribution < 1.29 is 9.59 Å². The number of nitrogens with one attached hydrogen (secondary N) is 2. The highest BCUT2D eigenvalue weighted by Crippen LogP contribution is 2.25. The fourth-order valence-corrected chi connectivity index (χ4v) is 3.52. The van der Waals surface area contributed by atoms with E-state index in [1.165, 1.54) is 0 Å². The minimum absolute atomic E-state index is 0.115. The summed E-state index contributed by atoms with van der Waals surface area (Å²) in [7, 11) is 0. The van der Waals surface area contributed by atoms with Crippen LogP contribution < -0.4 is 10.6 Å². The number of para-hydroxylation sites is 1. The van der Waals surface area contributed by atoms with E-state index in [1.54, 1.807) is 4.90 Å². The average Bonchev–Trinajstić information content (AvgIpc) is 3.15. The van der Waals surface area contributed by atoms with E-state index in [2.05, 4.69) is 17.6 Å². The number of hydrogen-bond donors (Lipinski definition) is 2. The first-order valence-corrected chi connectivity index (χ1v) is 9.53. The van der Waals surface area contributed by atoms with Crippen molar-refractivity contribution in [2.75, 3.05) is 17.2 Å². The van der Waals surface area contributed by atoms with Gasteiger partial charge in [-0.15, -0.1) is 0 Å². The Morgan fingerprint density at radius 2 is 1.81 bits per heavy atom. The lowest BCUT2D eigenvalue weighted by molar-refractivity contribution is -0.119. The third-order valence-corrected chi connectivity index (χ3v) is 5.11. The Balaban J connectivity index is 1.71. The molecule has 5 nitrogen and oxygen atoms in total. The quantitative estimate of drug-likeness (QED) is 0.838. The minimum Gasteiger partial charge on any atom is -0.324 e. The minimum atomic E-state index is -0.445. The summed E-state index contributed by atoms with van der Waals surface area (Å²) >= 11 is 0. The number of urea groups is 1. The Bertz CT molecular complexity index is 830. The molecule has 0 spiro atoms. The van der Waals surface area contributed by atoms with E-state index in [1.807, 2.05) is 56.3 Å². The zero-order valence-electron chi connectivity index (χ0n) is 16.2. The first kappa shape index (κ1) is 19.0. The van der Waals surface area contributed by atoms with Gasteiger partial charge in [0.1, 0.15) is 6.04 Å². The molecule has 1 aliphatic heterocycles. The summed E-state index contributed by atoms with van der Waals surface area (Å²) in [6.07, 6.45) is 2.36. The van der Waals surface area contributed by atoms with Crippen molar-refractivity contribution >= 4 is 23.3 Å². The Morgan fingerprint density at radius 3 is 2.52 bits per heavy atom. The van der Waals surface area contributed by atoms with Gasteiger partial charge in [-0.1, -0.05) is 42.8 Å². The molecule has 1 heterocycles. The highest BCUT2D eigenvalue weighted by molar-refractivity contribution is 6.00. The van der Waals surface area contributed by atoms with E-state index >= 15 is 0 Å².